The lowest BCUT2D eigenvalue weighted by molar-refractivity contribution is -0.140. The SMILES string of the molecule is COC(=O)CCCN1C(=S)NC(c2ccccn2)C1c1cc(C)n(Cc2cccnc2)c1C. The molecule has 7 nitrogen and oxygen atoms in total. The standard InChI is InChI=1S/C25H29N5O2S/c1-17-14-20(18(2)30(17)16-19-8-6-11-26-15-19)24-23(21-9-4-5-12-27-21)28-25(33)29(24)13-7-10-22(31)32-3/h4-6,8-9,11-12,14-15,23-24H,7,10,13,16H2,1-3H3,(H,28,33). The minimum atomic E-state index is -0.208. The van der Waals surface area contributed by atoms with Crippen LogP contribution in [0.1, 0.15) is 53.1 Å². The number of aryl methyl sites for hydroxylation is 1. The number of esters is 1. The molecule has 0 bridgehead atoms. The van der Waals surface area contributed by atoms with Crippen LogP contribution in [0, 0.1) is 13.8 Å². The van der Waals surface area contributed by atoms with Crippen molar-refractivity contribution in [2.75, 3.05) is 13.7 Å². The maximum atomic E-state index is 11.7. The maximum Gasteiger partial charge on any atom is 0.305 e. The lowest BCUT2D eigenvalue weighted by Crippen LogP contribution is -2.31. The van der Waals surface area contributed by atoms with E-state index in [9.17, 15) is 4.79 Å². The van der Waals surface area contributed by atoms with Crippen molar-refractivity contribution in [3.05, 3.63) is 83.2 Å². The lowest BCUT2D eigenvalue weighted by Gasteiger charge is -2.28. The summed E-state index contributed by atoms with van der Waals surface area (Å²) in [5.41, 5.74) is 5.67. The highest BCUT2D eigenvalue weighted by molar-refractivity contribution is 7.80. The van der Waals surface area contributed by atoms with Crippen LogP contribution in [-0.4, -0.2) is 44.2 Å². The normalized spacial score (nSPS) is 17.8. The van der Waals surface area contributed by atoms with Crippen LogP contribution in [0.25, 0.3) is 0 Å². The second-order valence-corrected chi connectivity index (χ2v) is 8.66. The van der Waals surface area contributed by atoms with Crippen LogP contribution in [0.15, 0.2) is 55.0 Å². The van der Waals surface area contributed by atoms with Crippen molar-refractivity contribution >= 4 is 23.3 Å². The van der Waals surface area contributed by atoms with Crippen LogP contribution < -0.4 is 5.32 Å². The number of thiocarbonyl (C=S) groups is 1. The van der Waals surface area contributed by atoms with Crippen LogP contribution >= 0.6 is 12.2 Å². The van der Waals surface area contributed by atoms with E-state index in [1.54, 1.807) is 6.20 Å². The molecule has 4 rings (SSSR count). The Hall–Kier alpha value is -3.26. The van der Waals surface area contributed by atoms with Crippen molar-refractivity contribution in [2.24, 2.45) is 0 Å². The summed E-state index contributed by atoms with van der Waals surface area (Å²) in [4.78, 5) is 22.7. The van der Waals surface area contributed by atoms with E-state index in [1.807, 2.05) is 36.7 Å². The Morgan fingerprint density at radius 1 is 1.21 bits per heavy atom. The summed E-state index contributed by atoms with van der Waals surface area (Å²) < 4.78 is 7.13. The number of nitrogens with one attached hydrogen (secondary N) is 1. The van der Waals surface area contributed by atoms with Gasteiger partial charge in [0, 0.05) is 49.5 Å². The Labute approximate surface area is 199 Å². The Morgan fingerprint density at radius 2 is 2.06 bits per heavy atom. The molecule has 3 aromatic rings. The van der Waals surface area contributed by atoms with Crippen LogP contribution in [0.3, 0.4) is 0 Å². The fraction of sp³-hybridized carbons (Fsp3) is 0.360. The van der Waals surface area contributed by atoms with Gasteiger partial charge in [0.15, 0.2) is 5.11 Å². The first-order valence-corrected chi connectivity index (χ1v) is 11.5. The number of hydrogen-bond donors (Lipinski definition) is 1. The summed E-state index contributed by atoms with van der Waals surface area (Å²) in [6, 6.07) is 12.1. The lowest BCUT2D eigenvalue weighted by atomic mass is 9.96. The van der Waals surface area contributed by atoms with Gasteiger partial charge in [-0.05, 0) is 67.9 Å². The van der Waals surface area contributed by atoms with Gasteiger partial charge in [0.1, 0.15) is 0 Å². The Balaban J connectivity index is 1.69. The van der Waals surface area contributed by atoms with Gasteiger partial charge in [0.2, 0.25) is 0 Å². The van der Waals surface area contributed by atoms with Gasteiger partial charge in [-0.25, -0.2) is 0 Å². The molecule has 1 aliphatic rings. The average Bonchev–Trinajstić information content (AvgIpc) is 3.30. The van der Waals surface area contributed by atoms with Gasteiger partial charge in [-0.1, -0.05) is 12.1 Å². The van der Waals surface area contributed by atoms with Gasteiger partial charge in [-0.3, -0.25) is 14.8 Å². The highest BCUT2D eigenvalue weighted by Crippen LogP contribution is 2.41. The average molecular weight is 464 g/mol. The quantitative estimate of drug-likeness (QED) is 0.402. The van der Waals surface area contributed by atoms with Crippen molar-refractivity contribution in [2.45, 2.75) is 45.3 Å². The highest BCUT2D eigenvalue weighted by Gasteiger charge is 2.41. The van der Waals surface area contributed by atoms with E-state index < -0.39 is 0 Å². The monoisotopic (exact) mass is 463 g/mol. The van der Waals surface area contributed by atoms with Gasteiger partial charge in [0.05, 0.1) is 24.9 Å². The third-order valence-corrected chi connectivity index (χ3v) is 6.55. The Bertz CT molecular complexity index is 1120. The van der Waals surface area contributed by atoms with Gasteiger partial charge in [0.25, 0.3) is 0 Å². The number of carbonyl (C=O) groups excluding carboxylic acids is 1. The summed E-state index contributed by atoms with van der Waals surface area (Å²) in [6.45, 7) is 5.70. The largest absolute Gasteiger partial charge is 0.469 e. The zero-order valence-corrected chi connectivity index (χ0v) is 20.0. The molecule has 0 saturated carbocycles. The number of hydrogen-bond acceptors (Lipinski definition) is 5. The van der Waals surface area contributed by atoms with E-state index >= 15 is 0 Å². The number of aromatic nitrogens is 3. The highest BCUT2D eigenvalue weighted by atomic mass is 32.1. The molecule has 0 aliphatic carbocycles. The molecule has 0 aromatic carbocycles. The summed E-state index contributed by atoms with van der Waals surface area (Å²) in [5.74, 6) is -0.208. The van der Waals surface area contributed by atoms with Crippen molar-refractivity contribution < 1.29 is 9.53 Å². The van der Waals surface area contributed by atoms with Crippen LogP contribution in [0.5, 0.6) is 0 Å². The topological polar surface area (TPSA) is 72.3 Å². The van der Waals surface area contributed by atoms with Crippen molar-refractivity contribution in [3.8, 4) is 0 Å². The van der Waals surface area contributed by atoms with E-state index in [1.165, 1.54) is 24.1 Å². The summed E-state index contributed by atoms with van der Waals surface area (Å²) in [5, 5.41) is 4.16. The number of ether oxygens (including phenoxy) is 1. The molecule has 2 unspecified atom stereocenters. The predicted octanol–water partition coefficient (Wildman–Crippen LogP) is 3.87. The van der Waals surface area contributed by atoms with Gasteiger partial charge < -0.3 is 19.5 Å². The molecule has 8 heteroatoms. The molecule has 1 N–H and O–H groups in total. The minimum Gasteiger partial charge on any atom is -0.469 e. The number of carbonyl (C=O) groups is 1. The summed E-state index contributed by atoms with van der Waals surface area (Å²) in [6.07, 6.45) is 6.52. The van der Waals surface area contributed by atoms with Crippen molar-refractivity contribution in [1.82, 2.24) is 24.8 Å². The number of pyridine rings is 2. The number of nitrogens with zero attached hydrogens (tertiary/aromatic N) is 4. The van der Waals surface area contributed by atoms with Gasteiger partial charge in [-0.2, -0.15) is 0 Å². The zero-order chi connectivity index (χ0) is 23.4. The predicted molar refractivity (Wildman–Crippen MR) is 131 cm³/mol. The summed E-state index contributed by atoms with van der Waals surface area (Å²) >= 11 is 5.75. The zero-order valence-electron chi connectivity index (χ0n) is 19.2. The molecule has 0 spiro atoms. The second-order valence-electron chi connectivity index (χ2n) is 8.27. The van der Waals surface area contributed by atoms with E-state index in [4.69, 9.17) is 17.0 Å². The number of rotatable bonds is 8. The van der Waals surface area contributed by atoms with E-state index in [0.717, 1.165) is 17.8 Å². The summed E-state index contributed by atoms with van der Waals surface area (Å²) in [7, 11) is 1.42. The molecule has 1 aliphatic heterocycles. The van der Waals surface area contributed by atoms with E-state index in [0.29, 0.717) is 24.5 Å². The third-order valence-electron chi connectivity index (χ3n) is 6.20. The molecule has 0 amide bonds. The molecular weight excluding hydrogens is 434 g/mol. The fourth-order valence-corrected chi connectivity index (χ4v) is 4.86. The van der Waals surface area contributed by atoms with E-state index in [2.05, 4.69) is 50.7 Å². The van der Waals surface area contributed by atoms with Crippen molar-refractivity contribution in [3.63, 3.8) is 0 Å². The maximum absolute atomic E-state index is 11.7. The molecule has 2 atom stereocenters. The fourth-order valence-electron chi connectivity index (χ4n) is 4.53. The van der Waals surface area contributed by atoms with Gasteiger partial charge in [-0.15, -0.1) is 0 Å². The molecule has 1 saturated heterocycles. The first-order valence-electron chi connectivity index (χ1n) is 11.1. The van der Waals surface area contributed by atoms with Crippen LogP contribution in [0.2, 0.25) is 0 Å². The van der Waals surface area contributed by atoms with E-state index in [-0.39, 0.29) is 18.1 Å². The first kappa shape index (κ1) is 22.9. The van der Waals surface area contributed by atoms with Crippen LogP contribution in [-0.2, 0) is 16.1 Å². The molecule has 33 heavy (non-hydrogen) atoms. The third kappa shape index (κ3) is 4.90. The molecule has 1 fully saturated rings. The van der Waals surface area contributed by atoms with Gasteiger partial charge >= 0.3 is 5.97 Å². The molecule has 0 radical (unpaired) electrons. The smallest absolute Gasteiger partial charge is 0.305 e. The number of methoxy groups -OCH3 is 1. The molecule has 172 valence electrons. The molecule has 4 heterocycles. The van der Waals surface area contributed by atoms with Crippen molar-refractivity contribution in [1.29, 1.82) is 0 Å². The Kier molecular flexibility index (Phi) is 7.03. The van der Waals surface area contributed by atoms with Crippen LogP contribution in [0.4, 0.5) is 0 Å². The first-order chi connectivity index (χ1) is 16.0. The minimum absolute atomic E-state index is 0.0288. The molecule has 3 aromatic heterocycles. The Morgan fingerprint density at radius 3 is 2.76 bits per heavy atom. The molecular formula is C25H29N5O2S. The second kappa shape index (κ2) is 10.1.